The van der Waals surface area contributed by atoms with E-state index in [1.54, 1.807) is 0 Å². The smallest absolute Gasteiger partial charge is 0.162 e. The monoisotopic (exact) mass is 266 g/mol. The van der Waals surface area contributed by atoms with Gasteiger partial charge in [-0.3, -0.25) is 4.79 Å². The molecule has 2 aliphatic carbocycles. The van der Waals surface area contributed by atoms with Gasteiger partial charge in [0.15, 0.2) is 5.78 Å². The molecule has 1 fully saturated rings. The van der Waals surface area contributed by atoms with Gasteiger partial charge in [-0.2, -0.15) is 0 Å². The van der Waals surface area contributed by atoms with E-state index in [4.69, 9.17) is 0 Å². The fourth-order valence-electron chi connectivity index (χ4n) is 3.33. The van der Waals surface area contributed by atoms with Crippen LogP contribution in [-0.4, -0.2) is 39.9 Å². The number of fused-ring (bicyclic) bond motifs is 1. The number of ketones is 1. The average Bonchev–Trinajstić information content (AvgIpc) is 2.40. The van der Waals surface area contributed by atoms with Gasteiger partial charge in [-0.05, 0) is 43.3 Å². The van der Waals surface area contributed by atoms with E-state index in [0.29, 0.717) is 12.0 Å². The van der Waals surface area contributed by atoms with Crippen molar-refractivity contribution in [1.29, 1.82) is 0 Å². The Morgan fingerprint density at radius 1 is 1.47 bits per heavy atom. The van der Waals surface area contributed by atoms with Gasteiger partial charge in [0.2, 0.25) is 0 Å². The number of rotatable bonds is 3. The summed E-state index contributed by atoms with van der Waals surface area (Å²) in [5.74, 6) is -0.0294. The van der Waals surface area contributed by atoms with E-state index in [9.17, 15) is 20.1 Å². The summed E-state index contributed by atoms with van der Waals surface area (Å²) in [4.78, 5) is 12.4. The molecule has 0 saturated heterocycles. The molecule has 0 aromatic heterocycles. The van der Waals surface area contributed by atoms with Crippen molar-refractivity contribution in [2.75, 3.05) is 13.2 Å². The first-order valence-electron chi connectivity index (χ1n) is 6.74. The molecule has 0 bridgehead atoms. The van der Waals surface area contributed by atoms with Gasteiger partial charge < -0.3 is 15.3 Å². The molecule has 0 aromatic carbocycles. The Morgan fingerprint density at radius 2 is 2.11 bits per heavy atom. The predicted octanol–water partition coefficient (Wildman–Crippen LogP) is 0.964. The minimum atomic E-state index is -1.70. The first-order valence-corrected chi connectivity index (χ1v) is 6.74. The Balaban J connectivity index is 2.39. The topological polar surface area (TPSA) is 77.8 Å². The van der Waals surface area contributed by atoms with Gasteiger partial charge in [0, 0.05) is 5.41 Å². The Bertz CT molecular complexity index is 433. The highest BCUT2D eigenvalue weighted by atomic mass is 16.4. The van der Waals surface area contributed by atoms with Crippen molar-refractivity contribution in [3.05, 3.63) is 23.8 Å². The average molecular weight is 266 g/mol. The standard InChI is InChI=1S/C15H22O4/c1-10-4-3-5-14(2)12(10)6-11(7-13(14)18)15(19,8-16)9-17/h7,12,16-17,19H,1,3-6,8-9H2,2H3/t12-,14-/m1/s1. The molecule has 3 N–H and O–H groups in total. The molecule has 106 valence electrons. The molecule has 0 amide bonds. The summed E-state index contributed by atoms with van der Waals surface area (Å²) in [5, 5.41) is 28.7. The lowest BCUT2D eigenvalue weighted by Gasteiger charge is -2.46. The van der Waals surface area contributed by atoms with Crippen LogP contribution in [0.1, 0.15) is 32.6 Å². The SMILES string of the molecule is C=C1CCC[C@@]2(C)C(=O)C=C(C(O)(CO)CO)C[C@H]12. The number of hydrogen-bond donors (Lipinski definition) is 3. The lowest BCUT2D eigenvalue weighted by Crippen LogP contribution is -2.48. The van der Waals surface area contributed by atoms with Crippen molar-refractivity contribution >= 4 is 5.78 Å². The van der Waals surface area contributed by atoms with Gasteiger partial charge in [-0.25, -0.2) is 0 Å². The van der Waals surface area contributed by atoms with Crippen LogP contribution in [0.3, 0.4) is 0 Å². The van der Waals surface area contributed by atoms with Gasteiger partial charge in [-0.15, -0.1) is 0 Å². The molecule has 2 aliphatic rings. The van der Waals surface area contributed by atoms with E-state index in [-0.39, 0.29) is 11.7 Å². The zero-order valence-corrected chi connectivity index (χ0v) is 11.4. The Morgan fingerprint density at radius 3 is 2.68 bits per heavy atom. The van der Waals surface area contributed by atoms with Crippen molar-refractivity contribution in [2.45, 2.75) is 38.2 Å². The molecule has 0 radical (unpaired) electrons. The Labute approximate surface area is 113 Å². The molecule has 19 heavy (non-hydrogen) atoms. The fraction of sp³-hybridized carbons (Fsp3) is 0.667. The van der Waals surface area contributed by atoms with Crippen molar-refractivity contribution < 1.29 is 20.1 Å². The summed E-state index contributed by atoms with van der Waals surface area (Å²) in [6, 6.07) is 0. The van der Waals surface area contributed by atoms with Crippen LogP contribution in [0.2, 0.25) is 0 Å². The quantitative estimate of drug-likeness (QED) is 0.665. The van der Waals surface area contributed by atoms with Crippen LogP contribution in [0.4, 0.5) is 0 Å². The molecule has 0 spiro atoms. The number of aliphatic hydroxyl groups excluding tert-OH is 2. The molecule has 2 atom stereocenters. The first-order chi connectivity index (χ1) is 8.87. The minimum absolute atomic E-state index is 0.00150. The van der Waals surface area contributed by atoms with Crippen LogP contribution in [-0.2, 0) is 4.79 Å². The largest absolute Gasteiger partial charge is 0.393 e. The van der Waals surface area contributed by atoms with Crippen LogP contribution in [0.5, 0.6) is 0 Å². The molecule has 2 rings (SSSR count). The molecule has 0 aromatic rings. The Hall–Kier alpha value is -0.970. The van der Waals surface area contributed by atoms with Crippen LogP contribution in [0.15, 0.2) is 23.8 Å². The lowest BCUT2D eigenvalue weighted by molar-refractivity contribution is -0.128. The fourth-order valence-corrected chi connectivity index (χ4v) is 3.33. The molecular formula is C15H22O4. The highest BCUT2D eigenvalue weighted by molar-refractivity contribution is 5.97. The minimum Gasteiger partial charge on any atom is -0.393 e. The van der Waals surface area contributed by atoms with Crippen molar-refractivity contribution in [3.8, 4) is 0 Å². The van der Waals surface area contributed by atoms with Gasteiger partial charge >= 0.3 is 0 Å². The van der Waals surface area contributed by atoms with Crippen LogP contribution in [0.25, 0.3) is 0 Å². The third-order valence-electron chi connectivity index (χ3n) is 4.87. The molecule has 4 nitrogen and oxygen atoms in total. The third-order valence-corrected chi connectivity index (χ3v) is 4.87. The van der Waals surface area contributed by atoms with Crippen LogP contribution in [0, 0.1) is 11.3 Å². The Kier molecular flexibility index (Phi) is 3.69. The van der Waals surface area contributed by atoms with E-state index >= 15 is 0 Å². The summed E-state index contributed by atoms with van der Waals surface area (Å²) in [6.07, 6.45) is 4.60. The second-order valence-electron chi connectivity index (χ2n) is 6.07. The number of carbonyl (C=O) groups excluding carboxylic acids is 1. The van der Waals surface area contributed by atoms with Crippen molar-refractivity contribution in [3.63, 3.8) is 0 Å². The van der Waals surface area contributed by atoms with E-state index in [0.717, 1.165) is 24.8 Å². The number of hydrogen-bond acceptors (Lipinski definition) is 4. The van der Waals surface area contributed by atoms with Gasteiger partial charge in [0.1, 0.15) is 5.60 Å². The normalized spacial score (nSPS) is 32.0. The third kappa shape index (κ3) is 2.18. The van der Waals surface area contributed by atoms with Crippen LogP contribution < -0.4 is 0 Å². The summed E-state index contributed by atoms with van der Waals surface area (Å²) in [6.45, 7) is 4.84. The van der Waals surface area contributed by atoms with Crippen molar-refractivity contribution in [1.82, 2.24) is 0 Å². The highest BCUT2D eigenvalue weighted by Crippen LogP contribution is 2.51. The predicted molar refractivity (Wildman–Crippen MR) is 71.4 cm³/mol. The zero-order valence-electron chi connectivity index (χ0n) is 11.4. The maximum Gasteiger partial charge on any atom is 0.162 e. The van der Waals surface area contributed by atoms with Gasteiger partial charge in [-0.1, -0.05) is 19.1 Å². The van der Waals surface area contributed by atoms with E-state index in [1.807, 2.05) is 6.92 Å². The second kappa shape index (κ2) is 4.85. The van der Waals surface area contributed by atoms with Crippen LogP contribution >= 0.6 is 0 Å². The number of aliphatic hydroxyl groups is 3. The van der Waals surface area contributed by atoms with Gasteiger partial charge in [0.25, 0.3) is 0 Å². The molecule has 0 aliphatic heterocycles. The number of carbonyl (C=O) groups is 1. The van der Waals surface area contributed by atoms with E-state index in [1.165, 1.54) is 6.08 Å². The summed E-state index contributed by atoms with van der Waals surface area (Å²) < 4.78 is 0. The lowest BCUT2D eigenvalue weighted by atomic mass is 9.58. The molecule has 0 heterocycles. The number of allylic oxidation sites excluding steroid dienone is 2. The zero-order chi connectivity index (χ0) is 14.3. The summed E-state index contributed by atoms with van der Waals surface area (Å²) in [7, 11) is 0. The molecule has 0 unspecified atom stereocenters. The van der Waals surface area contributed by atoms with E-state index in [2.05, 4.69) is 6.58 Å². The summed E-state index contributed by atoms with van der Waals surface area (Å²) >= 11 is 0. The highest BCUT2D eigenvalue weighted by Gasteiger charge is 2.48. The maximum absolute atomic E-state index is 12.4. The molecule has 1 saturated carbocycles. The molecule has 4 heteroatoms. The summed E-state index contributed by atoms with van der Waals surface area (Å²) in [5.41, 5.74) is -0.682. The van der Waals surface area contributed by atoms with E-state index < -0.39 is 24.2 Å². The molecular weight excluding hydrogens is 244 g/mol. The van der Waals surface area contributed by atoms with Crippen molar-refractivity contribution in [2.24, 2.45) is 11.3 Å². The first kappa shape index (κ1) is 14.4. The maximum atomic E-state index is 12.4. The van der Waals surface area contributed by atoms with Gasteiger partial charge in [0.05, 0.1) is 13.2 Å². The second-order valence-corrected chi connectivity index (χ2v) is 6.07.